The maximum Gasteiger partial charge on any atom is 0.333 e. The van der Waals surface area contributed by atoms with Crippen LogP contribution in [0.1, 0.15) is 17.3 Å². The molecule has 0 amide bonds. The van der Waals surface area contributed by atoms with Crippen molar-refractivity contribution >= 4 is 23.3 Å². The topological polar surface area (TPSA) is 51.2 Å². The van der Waals surface area contributed by atoms with Crippen molar-refractivity contribution in [1.82, 2.24) is 4.98 Å². The number of halogens is 1. The number of para-hydroxylation sites is 1. The predicted molar refractivity (Wildman–Crippen MR) is 78.8 cm³/mol. The van der Waals surface area contributed by atoms with Crippen LogP contribution in [0.15, 0.2) is 42.6 Å². The lowest BCUT2D eigenvalue weighted by Gasteiger charge is -2.18. The quantitative estimate of drug-likeness (QED) is 0.877. The van der Waals surface area contributed by atoms with Gasteiger partial charge in [-0.15, -0.1) is 0 Å². The molecule has 5 heteroatoms. The Balaban J connectivity index is 2.31. The van der Waals surface area contributed by atoms with E-state index in [0.717, 1.165) is 11.3 Å². The standard InChI is InChI=1S/C15H15ClN2O2/c1-10-7-8-11(9-17-10)14(15(19)20-2)18-13-6-4-3-5-12(13)16/h3-9,14,18H,1-2H3. The molecule has 0 fully saturated rings. The van der Waals surface area contributed by atoms with Gasteiger partial charge in [0.25, 0.3) is 0 Å². The molecule has 20 heavy (non-hydrogen) atoms. The number of rotatable bonds is 4. The summed E-state index contributed by atoms with van der Waals surface area (Å²) in [7, 11) is 1.35. The number of methoxy groups -OCH3 is 1. The van der Waals surface area contributed by atoms with Crippen LogP contribution in [-0.4, -0.2) is 18.1 Å². The molecule has 1 unspecified atom stereocenters. The summed E-state index contributed by atoms with van der Waals surface area (Å²) in [6.07, 6.45) is 1.65. The van der Waals surface area contributed by atoms with Crippen molar-refractivity contribution in [1.29, 1.82) is 0 Å². The van der Waals surface area contributed by atoms with Crippen molar-refractivity contribution in [3.63, 3.8) is 0 Å². The Bertz CT molecular complexity index is 599. The minimum absolute atomic E-state index is 0.393. The molecule has 0 saturated carbocycles. The molecule has 1 aromatic carbocycles. The van der Waals surface area contributed by atoms with E-state index in [1.165, 1.54) is 7.11 Å². The van der Waals surface area contributed by atoms with Gasteiger partial charge in [-0.1, -0.05) is 29.8 Å². The summed E-state index contributed by atoms with van der Waals surface area (Å²) >= 11 is 6.10. The second kappa shape index (κ2) is 6.39. The zero-order valence-corrected chi connectivity index (χ0v) is 12.0. The predicted octanol–water partition coefficient (Wildman–Crippen LogP) is 3.37. The zero-order valence-electron chi connectivity index (χ0n) is 11.3. The van der Waals surface area contributed by atoms with Crippen molar-refractivity contribution in [2.24, 2.45) is 0 Å². The number of nitrogens with one attached hydrogen (secondary N) is 1. The number of esters is 1. The van der Waals surface area contributed by atoms with Gasteiger partial charge in [0.05, 0.1) is 17.8 Å². The number of hydrogen-bond acceptors (Lipinski definition) is 4. The molecular weight excluding hydrogens is 276 g/mol. The number of anilines is 1. The third-order valence-electron chi connectivity index (χ3n) is 2.88. The Morgan fingerprint density at radius 1 is 1.30 bits per heavy atom. The molecule has 0 radical (unpaired) electrons. The number of carbonyl (C=O) groups is 1. The van der Waals surface area contributed by atoms with E-state index in [1.54, 1.807) is 18.3 Å². The maximum atomic E-state index is 12.0. The minimum atomic E-state index is -0.645. The minimum Gasteiger partial charge on any atom is -0.467 e. The van der Waals surface area contributed by atoms with E-state index < -0.39 is 12.0 Å². The Kier molecular flexibility index (Phi) is 4.58. The average Bonchev–Trinajstić information content (AvgIpc) is 2.47. The van der Waals surface area contributed by atoms with Crippen LogP contribution in [0.25, 0.3) is 0 Å². The van der Waals surface area contributed by atoms with Gasteiger partial charge in [0.15, 0.2) is 6.04 Å². The summed E-state index contributed by atoms with van der Waals surface area (Å²) < 4.78 is 4.84. The lowest BCUT2D eigenvalue weighted by molar-refractivity contribution is -0.141. The molecule has 104 valence electrons. The number of aryl methyl sites for hydroxylation is 1. The number of benzene rings is 1. The molecule has 1 N–H and O–H groups in total. The second-order valence-electron chi connectivity index (χ2n) is 4.31. The smallest absolute Gasteiger partial charge is 0.333 e. The molecular formula is C15H15ClN2O2. The monoisotopic (exact) mass is 290 g/mol. The van der Waals surface area contributed by atoms with E-state index in [-0.39, 0.29) is 0 Å². The summed E-state index contributed by atoms with van der Waals surface area (Å²) in [6, 6.07) is 10.3. The van der Waals surface area contributed by atoms with Crippen molar-refractivity contribution in [3.8, 4) is 0 Å². The van der Waals surface area contributed by atoms with Crippen LogP contribution in [0.3, 0.4) is 0 Å². The van der Waals surface area contributed by atoms with E-state index in [1.807, 2.05) is 31.2 Å². The van der Waals surface area contributed by atoms with Gasteiger partial charge >= 0.3 is 5.97 Å². The number of nitrogens with zero attached hydrogens (tertiary/aromatic N) is 1. The highest BCUT2D eigenvalue weighted by molar-refractivity contribution is 6.33. The highest BCUT2D eigenvalue weighted by atomic mass is 35.5. The van der Waals surface area contributed by atoms with Crippen LogP contribution < -0.4 is 5.32 Å². The highest BCUT2D eigenvalue weighted by Crippen LogP contribution is 2.26. The van der Waals surface area contributed by atoms with E-state index >= 15 is 0 Å². The molecule has 2 rings (SSSR count). The van der Waals surface area contributed by atoms with Crippen LogP contribution in [0.2, 0.25) is 5.02 Å². The molecule has 4 nitrogen and oxygen atoms in total. The van der Waals surface area contributed by atoms with Crippen LogP contribution >= 0.6 is 11.6 Å². The van der Waals surface area contributed by atoms with E-state index in [2.05, 4.69) is 10.3 Å². The Hall–Kier alpha value is -2.07. The summed E-state index contributed by atoms with van der Waals surface area (Å²) in [5.74, 6) is -0.393. The first-order valence-electron chi connectivity index (χ1n) is 6.13. The highest BCUT2D eigenvalue weighted by Gasteiger charge is 2.22. The number of aromatic nitrogens is 1. The number of pyridine rings is 1. The normalized spacial score (nSPS) is 11.8. The van der Waals surface area contributed by atoms with Crippen LogP contribution in [0.5, 0.6) is 0 Å². The van der Waals surface area contributed by atoms with Gasteiger partial charge in [-0.05, 0) is 25.1 Å². The number of hydrogen-bond donors (Lipinski definition) is 1. The fourth-order valence-electron chi connectivity index (χ4n) is 1.78. The molecule has 0 spiro atoms. The SMILES string of the molecule is COC(=O)C(Nc1ccccc1Cl)c1ccc(C)nc1. The van der Waals surface area contributed by atoms with Gasteiger partial charge < -0.3 is 10.1 Å². The van der Waals surface area contributed by atoms with E-state index in [4.69, 9.17) is 16.3 Å². The Morgan fingerprint density at radius 2 is 2.05 bits per heavy atom. The van der Waals surface area contributed by atoms with Crippen molar-refractivity contribution in [2.45, 2.75) is 13.0 Å². The maximum absolute atomic E-state index is 12.0. The largest absolute Gasteiger partial charge is 0.467 e. The van der Waals surface area contributed by atoms with Crippen molar-refractivity contribution in [3.05, 3.63) is 58.9 Å². The van der Waals surface area contributed by atoms with Gasteiger partial charge in [-0.25, -0.2) is 4.79 Å². The third kappa shape index (κ3) is 3.27. The van der Waals surface area contributed by atoms with Gasteiger partial charge in [0, 0.05) is 17.5 Å². The summed E-state index contributed by atoms with van der Waals surface area (Å²) in [5.41, 5.74) is 2.28. The molecule has 1 heterocycles. The molecule has 0 aliphatic carbocycles. The Labute approximate surface area is 122 Å². The van der Waals surface area contributed by atoms with Crippen LogP contribution in [0, 0.1) is 6.92 Å². The molecule has 2 aromatic rings. The van der Waals surface area contributed by atoms with Gasteiger partial charge in [-0.3, -0.25) is 4.98 Å². The van der Waals surface area contributed by atoms with Crippen molar-refractivity contribution < 1.29 is 9.53 Å². The summed E-state index contributed by atoms with van der Waals surface area (Å²) in [5, 5.41) is 3.63. The first-order chi connectivity index (χ1) is 9.61. The lowest BCUT2D eigenvalue weighted by atomic mass is 10.1. The van der Waals surface area contributed by atoms with Crippen molar-refractivity contribution in [2.75, 3.05) is 12.4 Å². The van der Waals surface area contributed by atoms with Crippen LogP contribution in [0.4, 0.5) is 5.69 Å². The fourth-order valence-corrected chi connectivity index (χ4v) is 1.97. The van der Waals surface area contributed by atoms with Gasteiger partial charge in [-0.2, -0.15) is 0 Å². The second-order valence-corrected chi connectivity index (χ2v) is 4.72. The zero-order chi connectivity index (χ0) is 14.5. The summed E-state index contributed by atoms with van der Waals surface area (Å²) in [6.45, 7) is 1.89. The van der Waals surface area contributed by atoms with Gasteiger partial charge in [0.1, 0.15) is 0 Å². The van der Waals surface area contributed by atoms with E-state index in [9.17, 15) is 4.79 Å². The van der Waals surface area contributed by atoms with E-state index in [0.29, 0.717) is 10.7 Å². The molecule has 0 bridgehead atoms. The average molecular weight is 291 g/mol. The molecule has 0 aliphatic rings. The molecule has 1 atom stereocenters. The first kappa shape index (κ1) is 14.3. The molecule has 0 aliphatic heterocycles. The van der Waals surface area contributed by atoms with Crippen LogP contribution in [-0.2, 0) is 9.53 Å². The first-order valence-corrected chi connectivity index (χ1v) is 6.51. The fraction of sp³-hybridized carbons (Fsp3) is 0.200. The number of ether oxygens (including phenoxy) is 1. The lowest BCUT2D eigenvalue weighted by Crippen LogP contribution is -2.22. The molecule has 0 saturated heterocycles. The summed E-state index contributed by atoms with van der Waals surface area (Å²) in [4.78, 5) is 16.2. The Morgan fingerprint density at radius 3 is 2.65 bits per heavy atom. The molecule has 1 aromatic heterocycles. The third-order valence-corrected chi connectivity index (χ3v) is 3.21. The number of carbonyl (C=O) groups excluding carboxylic acids is 1. The van der Waals surface area contributed by atoms with Gasteiger partial charge in [0.2, 0.25) is 0 Å².